The van der Waals surface area contributed by atoms with Crippen molar-refractivity contribution in [1.29, 1.82) is 0 Å². The first-order valence-electron chi connectivity index (χ1n) is 12.9. The molecule has 168 valence electrons. The van der Waals surface area contributed by atoms with E-state index in [9.17, 15) is 4.79 Å². The molecule has 7 atom stereocenters. The molecule has 0 radical (unpaired) electrons. The SMILES string of the molecule is C[C@H]1CCC[C@]2(C)C[C@H]3OC(=O)[C@H](CN4CCN(C5CCCCC5)CC4)[C@H]3[C@H]3O[C@@]312. The van der Waals surface area contributed by atoms with E-state index < -0.39 is 0 Å². The van der Waals surface area contributed by atoms with Crippen molar-refractivity contribution in [1.82, 2.24) is 9.80 Å². The normalized spacial score (nSPS) is 49.8. The summed E-state index contributed by atoms with van der Waals surface area (Å²) in [6, 6.07) is 0.810. The van der Waals surface area contributed by atoms with Crippen molar-refractivity contribution in [3.8, 4) is 0 Å². The number of carbonyl (C=O) groups is 1. The van der Waals surface area contributed by atoms with Gasteiger partial charge in [-0.3, -0.25) is 14.6 Å². The van der Waals surface area contributed by atoms with Gasteiger partial charge in [0.15, 0.2) is 0 Å². The van der Waals surface area contributed by atoms with Crippen molar-refractivity contribution in [3.63, 3.8) is 0 Å². The zero-order chi connectivity index (χ0) is 20.5. The predicted octanol–water partition coefficient (Wildman–Crippen LogP) is 3.46. The zero-order valence-electron chi connectivity index (χ0n) is 19.0. The maximum absolute atomic E-state index is 13.0. The molecular weight excluding hydrogens is 376 g/mol. The van der Waals surface area contributed by atoms with Gasteiger partial charge >= 0.3 is 5.97 Å². The van der Waals surface area contributed by atoms with Gasteiger partial charge in [0, 0.05) is 50.1 Å². The Labute approximate surface area is 181 Å². The molecule has 6 rings (SSSR count). The Morgan fingerprint density at radius 3 is 2.57 bits per heavy atom. The predicted molar refractivity (Wildman–Crippen MR) is 115 cm³/mol. The highest BCUT2D eigenvalue weighted by Crippen LogP contribution is 2.70. The van der Waals surface area contributed by atoms with E-state index in [0.717, 1.165) is 32.1 Å². The number of piperazine rings is 1. The molecule has 6 fully saturated rings. The number of hydrogen-bond donors (Lipinski definition) is 0. The Bertz CT molecular complexity index is 686. The van der Waals surface area contributed by atoms with E-state index in [4.69, 9.17) is 9.47 Å². The van der Waals surface area contributed by atoms with Crippen LogP contribution in [0.15, 0.2) is 0 Å². The first kappa shape index (κ1) is 20.0. The molecule has 0 amide bonds. The van der Waals surface area contributed by atoms with Crippen LogP contribution in [0, 0.1) is 23.2 Å². The van der Waals surface area contributed by atoms with Crippen LogP contribution in [-0.4, -0.2) is 72.3 Å². The lowest BCUT2D eigenvalue weighted by molar-refractivity contribution is -0.146. The fourth-order valence-electron chi connectivity index (χ4n) is 8.48. The first-order chi connectivity index (χ1) is 14.5. The molecule has 5 heteroatoms. The van der Waals surface area contributed by atoms with Crippen LogP contribution in [0.1, 0.15) is 71.6 Å². The van der Waals surface area contributed by atoms with Crippen LogP contribution in [0.4, 0.5) is 0 Å². The second-order valence-electron chi connectivity index (χ2n) is 11.7. The van der Waals surface area contributed by atoms with Crippen molar-refractivity contribution in [2.45, 2.75) is 95.5 Å². The molecule has 3 saturated carbocycles. The monoisotopic (exact) mass is 416 g/mol. The molecular formula is C25H40N2O3. The molecule has 0 aromatic carbocycles. The average Bonchev–Trinajstić information content (AvgIpc) is 3.44. The number of hydrogen-bond acceptors (Lipinski definition) is 5. The molecule has 0 bridgehead atoms. The third-order valence-electron chi connectivity index (χ3n) is 10.1. The summed E-state index contributed by atoms with van der Waals surface area (Å²) in [6.45, 7) is 10.2. The summed E-state index contributed by atoms with van der Waals surface area (Å²) < 4.78 is 12.6. The quantitative estimate of drug-likeness (QED) is 0.521. The second kappa shape index (κ2) is 7.18. The molecule has 0 aromatic rings. The zero-order valence-corrected chi connectivity index (χ0v) is 19.0. The molecule has 3 aliphatic carbocycles. The Kier molecular flexibility index (Phi) is 4.78. The summed E-state index contributed by atoms with van der Waals surface area (Å²) in [5.41, 5.74) is 0.218. The lowest BCUT2D eigenvalue weighted by Gasteiger charge is -2.49. The minimum absolute atomic E-state index is 0.0132. The van der Waals surface area contributed by atoms with Gasteiger partial charge in [-0.25, -0.2) is 0 Å². The van der Waals surface area contributed by atoms with E-state index in [0.29, 0.717) is 5.92 Å². The lowest BCUT2D eigenvalue weighted by Crippen LogP contribution is -2.55. The van der Waals surface area contributed by atoms with Crippen molar-refractivity contribution in [2.75, 3.05) is 32.7 Å². The van der Waals surface area contributed by atoms with Gasteiger partial charge in [-0.05, 0) is 38.0 Å². The summed E-state index contributed by atoms with van der Waals surface area (Å²) in [4.78, 5) is 18.2. The van der Waals surface area contributed by atoms with Gasteiger partial charge in [0.05, 0.1) is 12.0 Å². The highest BCUT2D eigenvalue weighted by molar-refractivity contribution is 5.76. The summed E-state index contributed by atoms with van der Waals surface area (Å²) in [5.74, 6) is 0.958. The Balaban J connectivity index is 1.12. The summed E-state index contributed by atoms with van der Waals surface area (Å²) >= 11 is 0. The van der Waals surface area contributed by atoms with Crippen molar-refractivity contribution >= 4 is 5.97 Å². The van der Waals surface area contributed by atoms with Crippen molar-refractivity contribution < 1.29 is 14.3 Å². The van der Waals surface area contributed by atoms with Gasteiger partial charge in [-0.15, -0.1) is 0 Å². The summed E-state index contributed by atoms with van der Waals surface area (Å²) in [6.07, 6.45) is 12.1. The van der Waals surface area contributed by atoms with Crippen LogP contribution >= 0.6 is 0 Å². The van der Waals surface area contributed by atoms with Crippen molar-refractivity contribution in [2.24, 2.45) is 23.2 Å². The molecule has 5 nitrogen and oxygen atoms in total. The van der Waals surface area contributed by atoms with Crippen molar-refractivity contribution in [3.05, 3.63) is 0 Å². The molecule has 0 unspecified atom stereocenters. The van der Waals surface area contributed by atoms with Gasteiger partial charge < -0.3 is 9.47 Å². The van der Waals surface area contributed by atoms with Crippen LogP contribution in [0.3, 0.4) is 0 Å². The minimum Gasteiger partial charge on any atom is -0.462 e. The van der Waals surface area contributed by atoms with Gasteiger partial charge in [-0.1, -0.05) is 39.5 Å². The van der Waals surface area contributed by atoms with Crippen LogP contribution in [0.5, 0.6) is 0 Å². The maximum atomic E-state index is 13.0. The standard InChI is InChI=1S/C25H40N2O3/c1-17-7-6-10-24(2)15-20-21(22-25(17,24)30-22)19(23(28)29-20)16-26-11-13-27(14-12-26)18-8-4-3-5-9-18/h17-22H,3-16H2,1-2H3/t17-,19+,20+,21+,22+,24+,25+/m0/s1. The molecule has 3 aliphatic heterocycles. The minimum atomic E-state index is 0.0132. The van der Waals surface area contributed by atoms with Gasteiger partial charge in [0.25, 0.3) is 0 Å². The van der Waals surface area contributed by atoms with Gasteiger partial charge in [-0.2, -0.15) is 0 Å². The number of nitrogens with zero attached hydrogens (tertiary/aromatic N) is 2. The Morgan fingerprint density at radius 1 is 1.03 bits per heavy atom. The van der Waals surface area contributed by atoms with Crippen LogP contribution in [0.2, 0.25) is 0 Å². The third-order valence-corrected chi connectivity index (χ3v) is 10.1. The fraction of sp³-hybridized carbons (Fsp3) is 0.960. The van der Waals surface area contributed by atoms with Gasteiger partial charge in [0.2, 0.25) is 0 Å². The Morgan fingerprint density at radius 2 is 1.80 bits per heavy atom. The molecule has 3 heterocycles. The van der Waals surface area contributed by atoms with E-state index >= 15 is 0 Å². The smallest absolute Gasteiger partial charge is 0.311 e. The molecule has 0 N–H and O–H groups in total. The van der Waals surface area contributed by atoms with E-state index in [1.807, 2.05) is 0 Å². The summed E-state index contributed by atoms with van der Waals surface area (Å²) in [5, 5.41) is 0. The highest BCUT2D eigenvalue weighted by atomic mass is 16.6. The van der Waals surface area contributed by atoms with E-state index in [-0.39, 0.29) is 41.0 Å². The van der Waals surface area contributed by atoms with Crippen LogP contribution < -0.4 is 0 Å². The van der Waals surface area contributed by atoms with Gasteiger partial charge in [0.1, 0.15) is 11.7 Å². The Hall–Kier alpha value is -0.650. The molecule has 1 spiro atoms. The second-order valence-corrected chi connectivity index (χ2v) is 11.7. The molecule has 30 heavy (non-hydrogen) atoms. The van der Waals surface area contributed by atoms with E-state index in [1.54, 1.807) is 0 Å². The number of epoxide rings is 1. The average molecular weight is 417 g/mol. The van der Waals surface area contributed by atoms with Crippen LogP contribution in [0.25, 0.3) is 0 Å². The first-order valence-corrected chi connectivity index (χ1v) is 12.9. The maximum Gasteiger partial charge on any atom is 0.311 e. The van der Waals surface area contributed by atoms with E-state index in [2.05, 4.69) is 23.6 Å². The highest BCUT2D eigenvalue weighted by Gasteiger charge is 2.78. The molecule has 0 aromatic heterocycles. The van der Waals surface area contributed by atoms with Crippen LogP contribution in [-0.2, 0) is 14.3 Å². The largest absolute Gasteiger partial charge is 0.462 e. The number of esters is 1. The number of carbonyl (C=O) groups excluding carboxylic acids is 1. The lowest BCUT2D eigenvalue weighted by atomic mass is 9.53. The third kappa shape index (κ3) is 2.87. The molecule has 3 saturated heterocycles. The number of rotatable bonds is 3. The number of fused-ring (bicyclic) bond motifs is 2. The molecule has 6 aliphatic rings. The van der Waals surface area contributed by atoms with E-state index in [1.165, 1.54) is 64.5 Å². The topological polar surface area (TPSA) is 45.3 Å². The fourth-order valence-corrected chi connectivity index (χ4v) is 8.48. The summed E-state index contributed by atoms with van der Waals surface area (Å²) in [7, 11) is 0. The number of ether oxygens (including phenoxy) is 2.